The number of hydrogen-bond donors (Lipinski definition) is 2. The Morgan fingerprint density at radius 2 is 2.03 bits per heavy atom. The van der Waals surface area contributed by atoms with Gasteiger partial charge in [0.2, 0.25) is 0 Å². The summed E-state index contributed by atoms with van der Waals surface area (Å²) in [5.74, 6) is -4.51. The van der Waals surface area contributed by atoms with E-state index in [1.54, 1.807) is 0 Å². The molecule has 0 amide bonds. The number of carbonyl (C=O) groups is 1. The number of alkyl halides is 3. The molecule has 2 N–H and O–H groups in total. The molecule has 0 aliphatic heterocycles. The Hall–Kier alpha value is -2.60. The normalized spacial score (nSPS) is 13.4. The number of carboxylic acid groups (broad SMARTS) is 1. The average Bonchev–Trinajstić information content (AvgIpc) is 2.62. The highest BCUT2D eigenvalue weighted by atomic mass is 79.9. The number of rotatable bonds is 8. The van der Waals surface area contributed by atoms with Gasteiger partial charge in [0.1, 0.15) is 17.3 Å². The van der Waals surface area contributed by atoms with E-state index in [0.717, 1.165) is 12.1 Å². The highest BCUT2D eigenvalue weighted by Gasteiger charge is 2.37. The van der Waals surface area contributed by atoms with E-state index in [0.29, 0.717) is 6.07 Å². The van der Waals surface area contributed by atoms with Crippen LogP contribution in [0.5, 0.6) is 5.75 Å². The molecule has 0 bridgehead atoms. The van der Waals surface area contributed by atoms with Crippen LogP contribution in [0.1, 0.15) is 24.9 Å². The summed E-state index contributed by atoms with van der Waals surface area (Å²) in [4.78, 5) is 22.3. The van der Waals surface area contributed by atoms with Crippen LogP contribution in [0.3, 0.4) is 0 Å². The second kappa shape index (κ2) is 9.69. The van der Waals surface area contributed by atoms with Crippen molar-refractivity contribution in [3.05, 3.63) is 61.3 Å². The van der Waals surface area contributed by atoms with Crippen molar-refractivity contribution >= 4 is 44.9 Å². The fraction of sp³-hybridized carbons (Fsp3) is 0.278. The third kappa shape index (κ3) is 5.97. The van der Waals surface area contributed by atoms with Crippen LogP contribution in [0, 0.1) is 21.8 Å². The zero-order chi connectivity index (χ0) is 23.5. The molecule has 0 heterocycles. The second-order valence-corrected chi connectivity index (χ2v) is 7.48. The third-order valence-electron chi connectivity index (χ3n) is 4.26. The minimum atomic E-state index is -5.11. The van der Waals surface area contributed by atoms with Crippen molar-refractivity contribution < 1.29 is 37.1 Å². The molecule has 7 nitrogen and oxygen atoms in total. The molecular weight excluding hydrogens is 516 g/mol. The summed E-state index contributed by atoms with van der Waals surface area (Å²) in [6, 6.07) is 3.40. The summed E-state index contributed by atoms with van der Waals surface area (Å²) in [5.41, 5.74) is -1.46. The minimum Gasteiger partial charge on any atom is -0.481 e. The van der Waals surface area contributed by atoms with Gasteiger partial charge in [-0.15, -0.1) is 13.2 Å². The van der Waals surface area contributed by atoms with Crippen molar-refractivity contribution in [2.24, 2.45) is 5.92 Å². The summed E-state index contributed by atoms with van der Waals surface area (Å²) in [7, 11) is 0. The monoisotopic (exact) mass is 528 g/mol. The first-order valence-corrected chi connectivity index (χ1v) is 9.69. The highest BCUT2D eigenvalue weighted by molar-refractivity contribution is 9.10. The number of carboxylic acids is 1. The molecule has 0 spiro atoms. The molecule has 0 aliphatic carbocycles. The molecule has 31 heavy (non-hydrogen) atoms. The van der Waals surface area contributed by atoms with E-state index in [1.807, 2.05) is 0 Å². The van der Waals surface area contributed by atoms with E-state index < -0.39 is 46.5 Å². The highest BCUT2D eigenvalue weighted by Crippen LogP contribution is 2.43. The van der Waals surface area contributed by atoms with E-state index in [1.165, 1.54) is 19.1 Å². The number of ether oxygens (including phenoxy) is 1. The minimum absolute atomic E-state index is 0.0835. The van der Waals surface area contributed by atoms with Crippen molar-refractivity contribution in [1.82, 2.24) is 0 Å². The Morgan fingerprint density at radius 3 is 2.55 bits per heavy atom. The van der Waals surface area contributed by atoms with Crippen molar-refractivity contribution in [1.29, 1.82) is 0 Å². The number of nitro benzene ring substituents is 1. The van der Waals surface area contributed by atoms with Crippen molar-refractivity contribution in [3.63, 3.8) is 0 Å². The summed E-state index contributed by atoms with van der Waals surface area (Å²) >= 11 is 8.97. The Kier molecular flexibility index (Phi) is 7.71. The lowest BCUT2D eigenvalue weighted by molar-refractivity contribution is -0.384. The molecule has 2 aromatic carbocycles. The van der Waals surface area contributed by atoms with Gasteiger partial charge in [-0.25, -0.2) is 4.39 Å². The molecule has 2 rings (SSSR count). The first kappa shape index (κ1) is 24.7. The summed E-state index contributed by atoms with van der Waals surface area (Å²) in [5, 5.41) is 23.3. The van der Waals surface area contributed by atoms with Gasteiger partial charge in [0.25, 0.3) is 5.69 Å². The number of nitro groups is 1. The van der Waals surface area contributed by atoms with E-state index >= 15 is 0 Å². The van der Waals surface area contributed by atoms with Crippen LogP contribution in [0.4, 0.5) is 28.9 Å². The number of anilines is 1. The molecule has 0 saturated carbocycles. The maximum atomic E-state index is 13.8. The van der Waals surface area contributed by atoms with Crippen LogP contribution in [-0.2, 0) is 4.79 Å². The number of halogens is 6. The van der Waals surface area contributed by atoms with E-state index in [4.69, 9.17) is 11.6 Å². The largest absolute Gasteiger partial charge is 0.573 e. The molecule has 0 aliphatic rings. The predicted octanol–water partition coefficient (Wildman–Crippen LogP) is 6.31. The van der Waals surface area contributed by atoms with Crippen LogP contribution >= 0.6 is 27.5 Å². The maximum absolute atomic E-state index is 13.8. The first-order chi connectivity index (χ1) is 14.4. The molecule has 2 aromatic rings. The number of benzene rings is 2. The van der Waals surface area contributed by atoms with Crippen molar-refractivity contribution in [3.8, 4) is 5.75 Å². The quantitative estimate of drug-likeness (QED) is 0.236. The zero-order valence-corrected chi connectivity index (χ0v) is 17.9. The Balaban J connectivity index is 2.72. The summed E-state index contributed by atoms with van der Waals surface area (Å²) in [6.07, 6.45) is -5.19. The number of nitrogens with zero attached hydrogens (tertiary/aromatic N) is 1. The number of hydrogen-bond acceptors (Lipinski definition) is 5. The standard InChI is InChI=1S/C18H14BrClF4N2O5/c1-2-8(17(27)28)16(15-10(20)4-3-5-14(15)31-18(22,23)24)25-12-6-9(19)11(21)7-13(12)26(29)30/h3-8,16,25H,2H2,1H3,(H,27,28)/t8-,16?/m1/s1. The molecule has 0 fully saturated rings. The second-order valence-electron chi connectivity index (χ2n) is 6.22. The predicted molar refractivity (Wildman–Crippen MR) is 107 cm³/mol. The molecule has 13 heteroatoms. The van der Waals surface area contributed by atoms with Crippen LogP contribution in [0.25, 0.3) is 0 Å². The van der Waals surface area contributed by atoms with Gasteiger partial charge >= 0.3 is 12.3 Å². The fourth-order valence-electron chi connectivity index (χ4n) is 2.93. The topological polar surface area (TPSA) is 102 Å². The number of nitrogens with one attached hydrogen (secondary N) is 1. The Labute approximate surface area is 186 Å². The van der Waals surface area contributed by atoms with Gasteiger partial charge < -0.3 is 15.2 Å². The zero-order valence-electron chi connectivity index (χ0n) is 15.5. The van der Waals surface area contributed by atoms with Crippen LogP contribution in [0.2, 0.25) is 5.02 Å². The third-order valence-corrected chi connectivity index (χ3v) is 5.19. The van der Waals surface area contributed by atoms with E-state index in [2.05, 4.69) is 26.0 Å². The Bertz CT molecular complexity index is 1010. The van der Waals surface area contributed by atoms with Gasteiger partial charge in [-0.1, -0.05) is 24.6 Å². The molecule has 168 valence electrons. The van der Waals surface area contributed by atoms with E-state index in [-0.39, 0.29) is 27.2 Å². The molecule has 1 unspecified atom stereocenters. The van der Waals surface area contributed by atoms with Gasteiger partial charge in [0, 0.05) is 10.6 Å². The van der Waals surface area contributed by atoms with Crippen LogP contribution in [-0.4, -0.2) is 22.4 Å². The van der Waals surface area contributed by atoms with Crippen molar-refractivity contribution in [2.45, 2.75) is 25.7 Å². The van der Waals surface area contributed by atoms with Crippen LogP contribution < -0.4 is 10.1 Å². The molecule has 0 aromatic heterocycles. The van der Waals surface area contributed by atoms with E-state index in [9.17, 15) is 37.6 Å². The van der Waals surface area contributed by atoms with Crippen molar-refractivity contribution in [2.75, 3.05) is 5.32 Å². The summed E-state index contributed by atoms with van der Waals surface area (Å²) < 4.78 is 56.4. The molecule has 0 saturated heterocycles. The van der Waals surface area contributed by atoms with Gasteiger partial charge in [0.15, 0.2) is 0 Å². The average molecular weight is 530 g/mol. The maximum Gasteiger partial charge on any atom is 0.573 e. The molecule has 0 radical (unpaired) electrons. The SMILES string of the molecule is CC[C@@H](C(=O)O)C(Nc1cc(Br)c(F)cc1[N+](=O)[O-])c1c(Cl)cccc1OC(F)(F)F. The fourth-order valence-corrected chi connectivity index (χ4v) is 3.56. The Morgan fingerprint density at radius 1 is 1.39 bits per heavy atom. The summed E-state index contributed by atoms with van der Waals surface area (Å²) in [6.45, 7) is 1.46. The van der Waals surface area contributed by atoms with Gasteiger partial charge in [-0.2, -0.15) is 0 Å². The van der Waals surface area contributed by atoms with Crippen LogP contribution in [0.15, 0.2) is 34.8 Å². The smallest absolute Gasteiger partial charge is 0.481 e. The molecule has 2 atom stereocenters. The van der Waals surface area contributed by atoms with Gasteiger partial charge in [-0.3, -0.25) is 14.9 Å². The number of aliphatic carboxylic acids is 1. The lowest BCUT2D eigenvalue weighted by atomic mass is 9.89. The van der Waals surface area contributed by atoms with Gasteiger partial charge in [-0.05, 0) is 40.5 Å². The van der Waals surface area contributed by atoms with Gasteiger partial charge in [0.05, 0.1) is 27.4 Å². The lowest BCUT2D eigenvalue weighted by Gasteiger charge is -2.28. The lowest BCUT2D eigenvalue weighted by Crippen LogP contribution is -2.29. The first-order valence-electron chi connectivity index (χ1n) is 8.52. The molecular formula is C18H14BrClF4N2O5.